The number of ether oxygens (including phenoxy) is 1. The molecule has 0 bridgehead atoms. The van der Waals surface area contributed by atoms with E-state index < -0.39 is 5.24 Å². The standard InChI is InChI=1S/C14H17ClO2/c1-2-3-4-5-6-11-17-13-9-7-12(8-10-13)14(15)16/h5-10H,2-4,11H2,1H3/b6-5+. The Kier molecular flexibility index (Phi) is 6.41. The molecule has 1 aromatic carbocycles. The molecule has 3 heteroatoms. The van der Waals surface area contributed by atoms with Crippen LogP contribution in [0.3, 0.4) is 0 Å². The molecule has 0 radical (unpaired) electrons. The summed E-state index contributed by atoms with van der Waals surface area (Å²) in [5.74, 6) is 0.742. The van der Waals surface area contributed by atoms with Crippen LogP contribution in [0, 0.1) is 0 Å². The third-order valence-corrected chi connectivity index (χ3v) is 2.54. The van der Waals surface area contributed by atoms with Gasteiger partial charge in [0.1, 0.15) is 12.4 Å². The highest BCUT2D eigenvalue weighted by Gasteiger charge is 2.00. The van der Waals surface area contributed by atoms with E-state index in [-0.39, 0.29) is 0 Å². The first-order valence-corrected chi connectivity index (χ1v) is 6.19. The van der Waals surface area contributed by atoms with Crippen molar-refractivity contribution in [3.05, 3.63) is 42.0 Å². The van der Waals surface area contributed by atoms with Crippen LogP contribution in [0.15, 0.2) is 36.4 Å². The van der Waals surface area contributed by atoms with Crippen molar-refractivity contribution in [2.24, 2.45) is 0 Å². The van der Waals surface area contributed by atoms with Gasteiger partial charge in [0, 0.05) is 5.56 Å². The molecular weight excluding hydrogens is 236 g/mol. The van der Waals surface area contributed by atoms with E-state index in [1.54, 1.807) is 24.3 Å². The zero-order valence-electron chi connectivity index (χ0n) is 9.99. The predicted octanol–water partition coefficient (Wildman–Crippen LogP) is 4.19. The normalized spacial score (nSPS) is 10.7. The van der Waals surface area contributed by atoms with Crippen molar-refractivity contribution in [2.75, 3.05) is 6.61 Å². The molecule has 0 aromatic heterocycles. The predicted molar refractivity (Wildman–Crippen MR) is 70.8 cm³/mol. The summed E-state index contributed by atoms with van der Waals surface area (Å²) in [4.78, 5) is 10.8. The summed E-state index contributed by atoms with van der Waals surface area (Å²) in [5, 5.41) is -0.448. The van der Waals surface area contributed by atoms with Gasteiger partial charge < -0.3 is 4.74 Å². The lowest BCUT2D eigenvalue weighted by molar-refractivity contribution is 0.108. The highest BCUT2D eigenvalue weighted by Crippen LogP contribution is 2.13. The number of halogens is 1. The number of carbonyl (C=O) groups excluding carboxylic acids is 1. The highest BCUT2D eigenvalue weighted by atomic mass is 35.5. The van der Waals surface area contributed by atoms with Gasteiger partial charge in [-0.15, -0.1) is 0 Å². The summed E-state index contributed by atoms with van der Waals surface area (Å²) in [6.07, 6.45) is 7.65. The zero-order chi connectivity index (χ0) is 12.5. The average Bonchev–Trinajstić information content (AvgIpc) is 2.34. The molecule has 1 rings (SSSR count). The van der Waals surface area contributed by atoms with Crippen molar-refractivity contribution < 1.29 is 9.53 Å². The molecule has 0 fully saturated rings. The summed E-state index contributed by atoms with van der Waals surface area (Å²) >= 11 is 5.34. The fourth-order valence-corrected chi connectivity index (χ4v) is 1.46. The summed E-state index contributed by atoms with van der Waals surface area (Å²) in [5.41, 5.74) is 0.484. The van der Waals surface area contributed by atoms with Crippen LogP contribution >= 0.6 is 11.6 Å². The van der Waals surface area contributed by atoms with Gasteiger partial charge in [0.2, 0.25) is 0 Å². The Morgan fingerprint density at radius 1 is 1.29 bits per heavy atom. The van der Waals surface area contributed by atoms with Gasteiger partial charge >= 0.3 is 0 Å². The van der Waals surface area contributed by atoms with Gasteiger partial charge in [0.15, 0.2) is 0 Å². The lowest BCUT2D eigenvalue weighted by Crippen LogP contribution is -1.94. The second-order valence-corrected chi connectivity index (χ2v) is 4.07. The number of benzene rings is 1. The van der Waals surface area contributed by atoms with Crippen molar-refractivity contribution in [1.29, 1.82) is 0 Å². The molecule has 0 spiro atoms. The molecule has 0 unspecified atom stereocenters. The molecule has 0 atom stereocenters. The van der Waals surface area contributed by atoms with Gasteiger partial charge in [0.05, 0.1) is 0 Å². The van der Waals surface area contributed by atoms with E-state index in [0.29, 0.717) is 12.2 Å². The van der Waals surface area contributed by atoms with E-state index in [4.69, 9.17) is 16.3 Å². The minimum Gasteiger partial charge on any atom is -0.490 e. The monoisotopic (exact) mass is 252 g/mol. The smallest absolute Gasteiger partial charge is 0.252 e. The molecule has 0 aliphatic heterocycles. The Balaban J connectivity index is 2.32. The Labute approximate surface area is 107 Å². The number of hydrogen-bond donors (Lipinski definition) is 0. The fraction of sp³-hybridized carbons (Fsp3) is 0.357. The maximum atomic E-state index is 10.8. The highest BCUT2D eigenvalue weighted by molar-refractivity contribution is 6.67. The van der Waals surface area contributed by atoms with Gasteiger partial charge in [-0.05, 0) is 42.3 Å². The van der Waals surface area contributed by atoms with Crippen LogP contribution in [-0.2, 0) is 0 Å². The Morgan fingerprint density at radius 2 is 2.00 bits per heavy atom. The van der Waals surface area contributed by atoms with Crippen molar-refractivity contribution in [3.8, 4) is 5.75 Å². The molecule has 0 N–H and O–H groups in total. The van der Waals surface area contributed by atoms with Crippen LogP contribution in [0.4, 0.5) is 0 Å². The SMILES string of the molecule is CCCC/C=C/COc1ccc(C(=O)Cl)cc1. The summed E-state index contributed by atoms with van der Waals surface area (Å²) < 4.78 is 5.48. The number of rotatable bonds is 7. The first-order valence-electron chi connectivity index (χ1n) is 5.81. The quantitative estimate of drug-likeness (QED) is 0.413. The lowest BCUT2D eigenvalue weighted by Gasteiger charge is -2.03. The molecule has 0 heterocycles. The number of carbonyl (C=O) groups is 1. The second kappa shape index (κ2) is 7.91. The zero-order valence-corrected chi connectivity index (χ0v) is 10.7. The van der Waals surface area contributed by atoms with Crippen molar-refractivity contribution >= 4 is 16.8 Å². The maximum Gasteiger partial charge on any atom is 0.252 e. The lowest BCUT2D eigenvalue weighted by atomic mass is 10.2. The van der Waals surface area contributed by atoms with Gasteiger partial charge in [-0.1, -0.05) is 31.9 Å². The maximum absolute atomic E-state index is 10.8. The van der Waals surface area contributed by atoms with Crippen LogP contribution in [0.2, 0.25) is 0 Å². The molecule has 0 saturated heterocycles. The van der Waals surface area contributed by atoms with Crippen LogP contribution in [0.5, 0.6) is 5.75 Å². The minimum atomic E-state index is -0.448. The second-order valence-electron chi connectivity index (χ2n) is 3.72. The Morgan fingerprint density at radius 3 is 2.59 bits per heavy atom. The molecule has 2 nitrogen and oxygen atoms in total. The summed E-state index contributed by atoms with van der Waals surface area (Å²) in [6.45, 7) is 2.72. The van der Waals surface area contributed by atoms with Gasteiger partial charge in [-0.3, -0.25) is 4.79 Å². The van der Waals surface area contributed by atoms with Gasteiger partial charge in [-0.25, -0.2) is 0 Å². The third kappa shape index (κ3) is 5.55. The molecule has 0 amide bonds. The van der Waals surface area contributed by atoms with E-state index in [1.807, 2.05) is 6.08 Å². The first kappa shape index (κ1) is 13.8. The van der Waals surface area contributed by atoms with Gasteiger partial charge in [0.25, 0.3) is 5.24 Å². The Hall–Kier alpha value is -1.28. The number of hydrogen-bond acceptors (Lipinski definition) is 2. The van der Waals surface area contributed by atoms with Crippen LogP contribution < -0.4 is 4.74 Å². The Bertz CT molecular complexity index is 368. The molecule has 0 aliphatic rings. The molecule has 17 heavy (non-hydrogen) atoms. The van der Waals surface area contributed by atoms with E-state index in [1.165, 1.54) is 12.8 Å². The first-order chi connectivity index (χ1) is 8.24. The van der Waals surface area contributed by atoms with Crippen LogP contribution in [0.1, 0.15) is 36.5 Å². The molecule has 92 valence electrons. The van der Waals surface area contributed by atoms with E-state index >= 15 is 0 Å². The summed E-state index contributed by atoms with van der Waals surface area (Å²) in [6, 6.07) is 6.81. The van der Waals surface area contributed by atoms with Crippen molar-refractivity contribution in [3.63, 3.8) is 0 Å². The van der Waals surface area contributed by atoms with Gasteiger partial charge in [-0.2, -0.15) is 0 Å². The van der Waals surface area contributed by atoms with Crippen molar-refractivity contribution in [2.45, 2.75) is 26.2 Å². The largest absolute Gasteiger partial charge is 0.490 e. The van der Waals surface area contributed by atoms with Crippen molar-refractivity contribution in [1.82, 2.24) is 0 Å². The van der Waals surface area contributed by atoms with Crippen LogP contribution in [0.25, 0.3) is 0 Å². The molecule has 0 saturated carbocycles. The number of allylic oxidation sites excluding steroid dienone is 1. The molecular formula is C14H17ClO2. The minimum absolute atomic E-state index is 0.448. The summed E-state index contributed by atoms with van der Waals surface area (Å²) in [7, 11) is 0. The average molecular weight is 253 g/mol. The van der Waals surface area contributed by atoms with E-state index in [0.717, 1.165) is 12.2 Å². The third-order valence-electron chi connectivity index (χ3n) is 2.32. The van der Waals surface area contributed by atoms with Crippen LogP contribution in [-0.4, -0.2) is 11.8 Å². The number of unbranched alkanes of at least 4 members (excludes halogenated alkanes) is 2. The molecule has 1 aromatic rings. The topological polar surface area (TPSA) is 26.3 Å². The fourth-order valence-electron chi connectivity index (χ4n) is 1.33. The van der Waals surface area contributed by atoms with E-state index in [2.05, 4.69) is 13.0 Å². The molecule has 0 aliphatic carbocycles. The van der Waals surface area contributed by atoms with E-state index in [9.17, 15) is 4.79 Å².